The Bertz CT molecular complexity index is 545. The molecule has 1 aromatic carbocycles. The van der Waals surface area contributed by atoms with Crippen molar-refractivity contribution in [2.24, 2.45) is 0 Å². The van der Waals surface area contributed by atoms with Gasteiger partial charge in [-0.2, -0.15) is 0 Å². The highest BCUT2D eigenvalue weighted by molar-refractivity contribution is 5.88. The molecule has 0 spiro atoms. The molecule has 0 fully saturated rings. The first-order valence-corrected chi connectivity index (χ1v) is 5.66. The van der Waals surface area contributed by atoms with Crippen LogP contribution in [0.3, 0.4) is 0 Å². The number of aryl methyl sites for hydroxylation is 2. The third-order valence-electron chi connectivity index (χ3n) is 2.54. The molecule has 0 unspecified atom stereocenters. The van der Waals surface area contributed by atoms with Gasteiger partial charge in [0, 0.05) is 6.08 Å². The highest BCUT2D eigenvalue weighted by Gasteiger charge is 2.07. The fraction of sp³-hybridized carbons (Fsp3) is 0.133. The Morgan fingerprint density at radius 3 is 2.50 bits per heavy atom. The number of carbonyl (C=O) groups is 1. The minimum Gasteiger partial charge on any atom is -0.465 e. The molecule has 0 aliphatic carbocycles. The molecular formula is C15H14O3. The van der Waals surface area contributed by atoms with Crippen molar-refractivity contribution in [3.05, 3.63) is 59.6 Å². The van der Waals surface area contributed by atoms with Gasteiger partial charge in [-0.1, -0.05) is 18.2 Å². The Hall–Kier alpha value is -2.29. The summed E-state index contributed by atoms with van der Waals surface area (Å²) in [6.45, 7) is 3.82. The molecular weight excluding hydrogens is 228 g/mol. The van der Waals surface area contributed by atoms with Crippen LogP contribution in [-0.2, 0) is 4.79 Å². The highest BCUT2D eigenvalue weighted by Crippen LogP contribution is 2.22. The molecule has 1 heterocycles. The van der Waals surface area contributed by atoms with Crippen LogP contribution in [0.5, 0.6) is 5.75 Å². The number of esters is 1. The van der Waals surface area contributed by atoms with Crippen molar-refractivity contribution in [3.8, 4) is 5.75 Å². The molecule has 18 heavy (non-hydrogen) atoms. The van der Waals surface area contributed by atoms with E-state index in [1.165, 1.54) is 6.08 Å². The predicted octanol–water partition coefficient (Wildman–Crippen LogP) is 3.52. The van der Waals surface area contributed by atoms with Crippen LogP contribution in [0, 0.1) is 13.8 Å². The minimum absolute atomic E-state index is 0.413. The second kappa shape index (κ2) is 5.36. The van der Waals surface area contributed by atoms with E-state index in [1.54, 1.807) is 24.5 Å². The van der Waals surface area contributed by atoms with Crippen molar-refractivity contribution in [1.29, 1.82) is 0 Å². The van der Waals surface area contributed by atoms with E-state index in [4.69, 9.17) is 9.15 Å². The van der Waals surface area contributed by atoms with Gasteiger partial charge in [-0.25, -0.2) is 4.79 Å². The van der Waals surface area contributed by atoms with E-state index in [2.05, 4.69) is 0 Å². The summed E-state index contributed by atoms with van der Waals surface area (Å²) < 4.78 is 10.4. The summed E-state index contributed by atoms with van der Waals surface area (Å²) >= 11 is 0. The molecule has 2 aromatic rings. The van der Waals surface area contributed by atoms with Crippen LogP contribution < -0.4 is 4.74 Å². The Balaban J connectivity index is 2.08. The maximum atomic E-state index is 11.7. The average Bonchev–Trinajstić information content (AvgIpc) is 2.84. The standard InChI is InChI=1S/C15H14O3/c1-11-5-3-6-12(2)15(11)18-14(16)9-8-13-7-4-10-17-13/h3-10H,1-2H3. The van der Waals surface area contributed by atoms with E-state index in [0.717, 1.165) is 11.1 Å². The monoisotopic (exact) mass is 242 g/mol. The molecule has 1 aromatic heterocycles. The number of carbonyl (C=O) groups excluding carboxylic acids is 1. The maximum absolute atomic E-state index is 11.7. The summed E-state index contributed by atoms with van der Waals surface area (Å²) in [6.07, 6.45) is 4.48. The van der Waals surface area contributed by atoms with Gasteiger partial charge >= 0.3 is 5.97 Å². The Kier molecular flexibility index (Phi) is 3.63. The van der Waals surface area contributed by atoms with Crippen molar-refractivity contribution in [2.45, 2.75) is 13.8 Å². The van der Waals surface area contributed by atoms with Crippen LogP contribution >= 0.6 is 0 Å². The minimum atomic E-state index is -0.413. The van der Waals surface area contributed by atoms with E-state index >= 15 is 0 Å². The van der Waals surface area contributed by atoms with Crippen molar-refractivity contribution >= 4 is 12.0 Å². The van der Waals surface area contributed by atoms with Gasteiger partial charge in [0.25, 0.3) is 0 Å². The summed E-state index contributed by atoms with van der Waals surface area (Å²) in [5.74, 6) is 0.823. The van der Waals surface area contributed by atoms with E-state index < -0.39 is 5.97 Å². The Morgan fingerprint density at radius 2 is 1.89 bits per heavy atom. The number of hydrogen-bond acceptors (Lipinski definition) is 3. The van der Waals surface area contributed by atoms with Crippen molar-refractivity contribution in [1.82, 2.24) is 0 Å². The van der Waals surface area contributed by atoms with Gasteiger partial charge in [0.2, 0.25) is 0 Å². The Morgan fingerprint density at radius 1 is 1.17 bits per heavy atom. The number of ether oxygens (including phenoxy) is 1. The zero-order valence-corrected chi connectivity index (χ0v) is 10.3. The van der Waals surface area contributed by atoms with E-state index in [0.29, 0.717) is 11.5 Å². The molecule has 0 saturated heterocycles. The lowest BCUT2D eigenvalue weighted by molar-refractivity contribution is -0.129. The van der Waals surface area contributed by atoms with E-state index in [9.17, 15) is 4.79 Å². The van der Waals surface area contributed by atoms with Crippen LogP contribution in [0.4, 0.5) is 0 Å². The smallest absolute Gasteiger partial charge is 0.336 e. The zero-order chi connectivity index (χ0) is 13.0. The lowest BCUT2D eigenvalue weighted by Gasteiger charge is -2.08. The van der Waals surface area contributed by atoms with Crippen LogP contribution in [0.25, 0.3) is 6.08 Å². The molecule has 92 valence electrons. The molecule has 0 atom stereocenters. The van der Waals surface area contributed by atoms with Gasteiger partial charge in [0.1, 0.15) is 11.5 Å². The third-order valence-corrected chi connectivity index (χ3v) is 2.54. The normalized spacial score (nSPS) is 10.8. The molecule has 0 saturated carbocycles. The van der Waals surface area contributed by atoms with Crippen LogP contribution in [-0.4, -0.2) is 5.97 Å². The number of para-hydroxylation sites is 1. The first-order chi connectivity index (χ1) is 8.66. The second-order valence-corrected chi connectivity index (χ2v) is 3.99. The van der Waals surface area contributed by atoms with Crippen molar-refractivity contribution < 1.29 is 13.9 Å². The topological polar surface area (TPSA) is 39.4 Å². The zero-order valence-electron chi connectivity index (χ0n) is 10.3. The lowest BCUT2D eigenvalue weighted by Crippen LogP contribution is -2.06. The van der Waals surface area contributed by atoms with Crippen molar-refractivity contribution in [2.75, 3.05) is 0 Å². The summed E-state index contributed by atoms with van der Waals surface area (Å²) in [4.78, 5) is 11.7. The van der Waals surface area contributed by atoms with Gasteiger partial charge < -0.3 is 9.15 Å². The van der Waals surface area contributed by atoms with Gasteiger partial charge in [-0.05, 0) is 43.2 Å². The number of hydrogen-bond donors (Lipinski definition) is 0. The summed E-state index contributed by atoms with van der Waals surface area (Å²) in [5.41, 5.74) is 1.88. The summed E-state index contributed by atoms with van der Waals surface area (Å²) in [7, 11) is 0. The molecule has 0 aliphatic rings. The Labute approximate surface area is 106 Å². The van der Waals surface area contributed by atoms with E-state index in [-0.39, 0.29) is 0 Å². The third kappa shape index (κ3) is 2.88. The fourth-order valence-electron chi connectivity index (χ4n) is 1.63. The molecule has 3 nitrogen and oxygen atoms in total. The average molecular weight is 242 g/mol. The van der Waals surface area contributed by atoms with Gasteiger partial charge in [-0.15, -0.1) is 0 Å². The molecule has 0 aliphatic heterocycles. The molecule has 0 bridgehead atoms. The lowest BCUT2D eigenvalue weighted by atomic mass is 10.1. The van der Waals surface area contributed by atoms with Gasteiger partial charge in [0.05, 0.1) is 6.26 Å². The largest absolute Gasteiger partial charge is 0.465 e. The first kappa shape index (κ1) is 12.2. The van der Waals surface area contributed by atoms with Crippen LogP contribution in [0.15, 0.2) is 47.1 Å². The molecule has 0 N–H and O–H groups in total. The predicted molar refractivity (Wildman–Crippen MR) is 69.3 cm³/mol. The molecule has 0 amide bonds. The second-order valence-electron chi connectivity index (χ2n) is 3.99. The highest BCUT2D eigenvalue weighted by atomic mass is 16.5. The summed E-state index contributed by atoms with van der Waals surface area (Å²) in [6, 6.07) is 9.28. The number of furan rings is 1. The molecule has 0 radical (unpaired) electrons. The number of benzene rings is 1. The molecule has 2 rings (SSSR count). The van der Waals surface area contributed by atoms with Crippen LogP contribution in [0.2, 0.25) is 0 Å². The summed E-state index contributed by atoms with van der Waals surface area (Å²) in [5, 5.41) is 0. The molecule has 3 heteroatoms. The van der Waals surface area contributed by atoms with Crippen molar-refractivity contribution in [3.63, 3.8) is 0 Å². The van der Waals surface area contributed by atoms with Gasteiger partial charge in [-0.3, -0.25) is 0 Å². The first-order valence-electron chi connectivity index (χ1n) is 5.66. The SMILES string of the molecule is Cc1cccc(C)c1OC(=O)C=Cc1ccco1. The van der Waals surface area contributed by atoms with E-state index in [1.807, 2.05) is 32.0 Å². The maximum Gasteiger partial charge on any atom is 0.336 e. The number of rotatable bonds is 3. The fourth-order valence-corrected chi connectivity index (χ4v) is 1.63. The van der Waals surface area contributed by atoms with Crippen LogP contribution in [0.1, 0.15) is 16.9 Å². The quantitative estimate of drug-likeness (QED) is 0.469. The van der Waals surface area contributed by atoms with Gasteiger partial charge in [0.15, 0.2) is 0 Å².